The first kappa shape index (κ1) is 7.60. The molecule has 0 aromatic rings. The first-order chi connectivity index (χ1) is 4.52. The summed E-state index contributed by atoms with van der Waals surface area (Å²) < 4.78 is 9.69. The fraction of sp³-hybridized carbons (Fsp3) is 0.833. The molecule has 10 heavy (non-hydrogen) atoms. The minimum absolute atomic E-state index is 0.112. The molecular formula is C6H11BO3. The van der Waals surface area contributed by atoms with E-state index in [1.807, 2.05) is 20.8 Å². The number of hydrogen-bond acceptors (Lipinski definition) is 3. The van der Waals surface area contributed by atoms with Crippen LogP contribution in [0.3, 0.4) is 0 Å². The molecule has 4 heteroatoms. The van der Waals surface area contributed by atoms with Crippen LogP contribution in [0.4, 0.5) is 0 Å². The van der Waals surface area contributed by atoms with Gasteiger partial charge in [0, 0.05) is 0 Å². The largest absolute Gasteiger partial charge is 0.510 e. The van der Waals surface area contributed by atoms with Gasteiger partial charge in [-0.25, -0.2) is 0 Å². The summed E-state index contributed by atoms with van der Waals surface area (Å²) >= 11 is 0. The first-order valence-corrected chi connectivity index (χ1v) is 3.30. The quantitative estimate of drug-likeness (QED) is 0.454. The second-order valence-corrected chi connectivity index (χ2v) is 3.49. The molecule has 1 rings (SSSR count). The lowest BCUT2D eigenvalue weighted by molar-refractivity contribution is -0.139. The molecule has 1 aliphatic heterocycles. The van der Waals surface area contributed by atoms with E-state index in [1.165, 1.54) is 0 Å². The summed E-state index contributed by atoms with van der Waals surface area (Å²) in [6.45, 7) is 5.85. The molecule has 3 nitrogen and oxygen atoms in total. The molecule has 1 fully saturated rings. The van der Waals surface area contributed by atoms with E-state index in [4.69, 9.17) is 4.65 Å². The summed E-state index contributed by atoms with van der Waals surface area (Å²) in [5.41, 5.74) is -0.145. The Kier molecular flexibility index (Phi) is 1.73. The van der Waals surface area contributed by atoms with Crippen molar-refractivity contribution < 1.29 is 14.1 Å². The Bertz CT molecular complexity index is 150. The van der Waals surface area contributed by atoms with E-state index >= 15 is 0 Å². The zero-order valence-electron chi connectivity index (χ0n) is 6.51. The standard InChI is InChI=1S/C6H11BO3/c1-6(2,3)4-5(8)10-7-9-4/h4,7H,1-3H3. The maximum Gasteiger partial charge on any atom is 0.509 e. The van der Waals surface area contributed by atoms with E-state index in [0.717, 1.165) is 0 Å². The van der Waals surface area contributed by atoms with Crippen molar-refractivity contribution in [1.29, 1.82) is 0 Å². The molecule has 0 aliphatic carbocycles. The number of rotatable bonds is 0. The van der Waals surface area contributed by atoms with Crippen molar-refractivity contribution in [1.82, 2.24) is 0 Å². The smallest absolute Gasteiger partial charge is 0.509 e. The van der Waals surface area contributed by atoms with E-state index in [2.05, 4.69) is 4.65 Å². The van der Waals surface area contributed by atoms with Crippen LogP contribution in [0.25, 0.3) is 0 Å². The van der Waals surface area contributed by atoms with Crippen LogP contribution in [-0.2, 0) is 14.1 Å². The Morgan fingerprint density at radius 3 is 2.30 bits per heavy atom. The van der Waals surface area contributed by atoms with Gasteiger partial charge in [-0.3, -0.25) is 4.79 Å². The lowest BCUT2D eigenvalue weighted by Crippen LogP contribution is -2.31. The highest BCUT2D eigenvalue weighted by molar-refractivity contribution is 6.26. The van der Waals surface area contributed by atoms with E-state index < -0.39 is 0 Å². The third-order valence-electron chi connectivity index (χ3n) is 1.44. The van der Waals surface area contributed by atoms with Gasteiger partial charge in [-0.1, -0.05) is 20.8 Å². The lowest BCUT2D eigenvalue weighted by atomic mass is 9.89. The van der Waals surface area contributed by atoms with E-state index in [9.17, 15) is 4.79 Å². The van der Waals surface area contributed by atoms with Crippen LogP contribution >= 0.6 is 0 Å². The average Bonchev–Trinajstić information content (AvgIpc) is 2.11. The maximum atomic E-state index is 10.9. The molecule has 0 radical (unpaired) electrons. The highest BCUT2D eigenvalue weighted by Crippen LogP contribution is 2.25. The molecule has 0 amide bonds. The van der Waals surface area contributed by atoms with Crippen molar-refractivity contribution in [2.75, 3.05) is 0 Å². The van der Waals surface area contributed by atoms with Crippen LogP contribution in [0.1, 0.15) is 20.8 Å². The summed E-state index contributed by atoms with van der Waals surface area (Å²) in [4.78, 5) is 10.9. The summed E-state index contributed by atoms with van der Waals surface area (Å²) in [5.74, 6) is -0.243. The van der Waals surface area contributed by atoms with E-state index in [1.54, 1.807) is 0 Å². The van der Waals surface area contributed by atoms with Crippen LogP contribution in [-0.4, -0.2) is 19.8 Å². The fourth-order valence-electron chi connectivity index (χ4n) is 0.907. The minimum atomic E-state index is -0.382. The van der Waals surface area contributed by atoms with Gasteiger partial charge in [0.05, 0.1) is 0 Å². The summed E-state index contributed by atoms with van der Waals surface area (Å²) in [6.07, 6.45) is -0.382. The van der Waals surface area contributed by atoms with Gasteiger partial charge in [0.25, 0.3) is 0 Å². The zero-order chi connectivity index (χ0) is 7.78. The van der Waals surface area contributed by atoms with Crippen LogP contribution in [0.2, 0.25) is 0 Å². The molecule has 1 saturated heterocycles. The highest BCUT2D eigenvalue weighted by Gasteiger charge is 2.38. The molecule has 0 aromatic carbocycles. The Hall–Kier alpha value is -0.505. The Morgan fingerprint density at radius 1 is 1.50 bits per heavy atom. The molecule has 56 valence electrons. The molecule has 1 aliphatic rings. The second-order valence-electron chi connectivity index (χ2n) is 3.49. The van der Waals surface area contributed by atoms with Gasteiger partial charge in [-0.2, -0.15) is 0 Å². The summed E-state index contributed by atoms with van der Waals surface area (Å²) in [7, 11) is 0.112. The second kappa shape index (κ2) is 2.27. The third kappa shape index (κ3) is 1.32. The monoisotopic (exact) mass is 142 g/mol. The normalized spacial score (nSPS) is 25.9. The maximum absolute atomic E-state index is 10.9. The third-order valence-corrected chi connectivity index (χ3v) is 1.44. The van der Waals surface area contributed by atoms with Gasteiger partial charge in [-0.15, -0.1) is 0 Å². The Morgan fingerprint density at radius 2 is 2.10 bits per heavy atom. The molecule has 0 bridgehead atoms. The topological polar surface area (TPSA) is 35.5 Å². The van der Waals surface area contributed by atoms with Gasteiger partial charge >= 0.3 is 13.7 Å². The van der Waals surface area contributed by atoms with Crippen LogP contribution < -0.4 is 0 Å². The predicted octanol–water partition coefficient (Wildman–Crippen LogP) is 0.241. The summed E-state index contributed by atoms with van der Waals surface area (Å²) in [6, 6.07) is 0. The lowest BCUT2D eigenvalue weighted by Gasteiger charge is -2.22. The van der Waals surface area contributed by atoms with Crippen molar-refractivity contribution in [2.24, 2.45) is 5.41 Å². The fourth-order valence-corrected chi connectivity index (χ4v) is 0.907. The van der Waals surface area contributed by atoms with Gasteiger partial charge < -0.3 is 9.31 Å². The SMILES string of the molecule is CC(C)(C)C1OBOC1=O. The van der Waals surface area contributed by atoms with Gasteiger partial charge in [0.15, 0.2) is 0 Å². The zero-order valence-corrected chi connectivity index (χ0v) is 6.51. The molecule has 1 heterocycles. The van der Waals surface area contributed by atoms with Gasteiger partial charge in [0.2, 0.25) is 0 Å². The molecule has 1 unspecified atom stereocenters. The van der Waals surface area contributed by atoms with Crippen molar-refractivity contribution in [3.63, 3.8) is 0 Å². The molecule has 0 saturated carbocycles. The van der Waals surface area contributed by atoms with Crippen molar-refractivity contribution in [3.05, 3.63) is 0 Å². The van der Waals surface area contributed by atoms with Crippen molar-refractivity contribution in [2.45, 2.75) is 26.9 Å². The number of carbonyl (C=O) groups excluding carboxylic acids is 1. The number of carbonyl (C=O) groups is 1. The number of hydrogen-bond donors (Lipinski definition) is 0. The van der Waals surface area contributed by atoms with Crippen LogP contribution in [0.15, 0.2) is 0 Å². The van der Waals surface area contributed by atoms with Crippen LogP contribution in [0.5, 0.6) is 0 Å². The summed E-state index contributed by atoms with van der Waals surface area (Å²) in [5, 5.41) is 0. The average molecular weight is 142 g/mol. The Labute approximate surface area is 61.0 Å². The molecular weight excluding hydrogens is 131 g/mol. The van der Waals surface area contributed by atoms with Gasteiger partial charge in [-0.05, 0) is 5.41 Å². The molecule has 0 N–H and O–H groups in total. The van der Waals surface area contributed by atoms with E-state index in [0.29, 0.717) is 0 Å². The van der Waals surface area contributed by atoms with Crippen LogP contribution in [0, 0.1) is 5.41 Å². The molecule has 0 aromatic heterocycles. The Balaban J connectivity index is 2.64. The van der Waals surface area contributed by atoms with Crippen molar-refractivity contribution in [3.8, 4) is 0 Å². The van der Waals surface area contributed by atoms with Gasteiger partial charge in [0.1, 0.15) is 6.10 Å². The molecule has 0 spiro atoms. The highest BCUT2D eigenvalue weighted by atomic mass is 16.7. The molecule has 1 atom stereocenters. The van der Waals surface area contributed by atoms with E-state index in [-0.39, 0.29) is 25.2 Å². The predicted molar refractivity (Wildman–Crippen MR) is 37.6 cm³/mol. The van der Waals surface area contributed by atoms with Crippen molar-refractivity contribution >= 4 is 13.7 Å². The minimum Gasteiger partial charge on any atom is -0.510 e. The first-order valence-electron chi connectivity index (χ1n) is 3.30.